The van der Waals surface area contributed by atoms with Gasteiger partial charge in [-0.15, -0.1) is 0 Å². The predicted molar refractivity (Wildman–Crippen MR) is 70.5 cm³/mol. The van der Waals surface area contributed by atoms with Gasteiger partial charge in [-0.2, -0.15) is 0 Å². The van der Waals surface area contributed by atoms with Crippen LogP contribution in [0, 0.1) is 10.1 Å². The first-order valence-electron chi connectivity index (χ1n) is 5.57. The molecule has 0 aliphatic rings. The van der Waals surface area contributed by atoms with Crippen molar-refractivity contribution in [2.24, 2.45) is 7.05 Å². The summed E-state index contributed by atoms with van der Waals surface area (Å²) in [7, 11) is 2.65. The summed E-state index contributed by atoms with van der Waals surface area (Å²) < 4.78 is 6.75. The van der Waals surface area contributed by atoms with E-state index in [2.05, 4.69) is 0 Å². The van der Waals surface area contributed by atoms with Crippen LogP contribution in [0.3, 0.4) is 0 Å². The molecule has 0 bridgehead atoms. The quantitative estimate of drug-likeness (QED) is 0.599. The highest BCUT2D eigenvalue weighted by molar-refractivity contribution is 5.40. The zero-order valence-electron chi connectivity index (χ0n) is 10.8. The third-order valence-electron chi connectivity index (χ3n) is 2.80. The van der Waals surface area contributed by atoms with Crippen LogP contribution in [0.1, 0.15) is 0 Å². The summed E-state index contributed by atoms with van der Waals surface area (Å²) in [6, 6.07) is 6.43. The molecule has 1 aromatic heterocycles. The van der Waals surface area contributed by atoms with Crippen LogP contribution >= 0.6 is 0 Å². The van der Waals surface area contributed by atoms with Gasteiger partial charge in [-0.3, -0.25) is 24.0 Å². The van der Waals surface area contributed by atoms with E-state index in [0.29, 0.717) is 16.0 Å². The Hall–Kier alpha value is -2.90. The predicted octanol–water partition coefficient (Wildman–Crippen LogP) is 0.453. The summed E-state index contributed by atoms with van der Waals surface area (Å²) in [5.74, 6) is 0.492. The number of methoxy groups -OCH3 is 1. The third-order valence-corrected chi connectivity index (χ3v) is 2.80. The van der Waals surface area contributed by atoms with Gasteiger partial charge in [0, 0.05) is 13.1 Å². The zero-order valence-corrected chi connectivity index (χ0v) is 10.8. The standard InChI is InChI=1S/C12H11N3O5/c1-13-11(16)10(15(18)19)7-14(12(13)17)8-4-3-5-9(6-8)20-2/h3-7H,1-2H3. The van der Waals surface area contributed by atoms with Gasteiger partial charge in [-0.25, -0.2) is 4.79 Å². The second-order valence-corrected chi connectivity index (χ2v) is 3.99. The molecule has 2 rings (SSSR count). The van der Waals surface area contributed by atoms with Crippen molar-refractivity contribution in [1.29, 1.82) is 0 Å². The Balaban J connectivity index is 2.77. The van der Waals surface area contributed by atoms with Crippen molar-refractivity contribution in [2.75, 3.05) is 7.11 Å². The Morgan fingerprint density at radius 1 is 1.30 bits per heavy atom. The third kappa shape index (κ3) is 2.18. The summed E-state index contributed by atoms with van der Waals surface area (Å²) >= 11 is 0. The highest BCUT2D eigenvalue weighted by atomic mass is 16.6. The van der Waals surface area contributed by atoms with Gasteiger partial charge in [0.2, 0.25) is 0 Å². The molecular formula is C12H11N3O5. The van der Waals surface area contributed by atoms with Gasteiger partial charge >= 0.3 is 16.9 Å². The molecule has 0 saturated heterocycles. The minimum Gasteiger partial charge on any atom is -0.497 e. The molecule has 20 heavy (non-hydrogen) atoms. The highest BCUT2D eigenvalue weighted by Crippen LogP contribution is 2.15. The largest absolute Gasteiger partial charge is 0.497 e. The fourth-order valence-corrected chi connectivity index (χ4v) is 1.72. The van der Waals surface area contributed by atoms with Gasteiger partial charge in [0.15, 0.2) is 0 Å². The van der Waals surface area contributed by atoms with E-state index in [9.17, 15) is 19.7 Å². The number of benzene rings is 1. The molecule has 8 nitrogen and oxygen atoms in total. The zero-order chi connectivity index (χ0) is 14.9. The molecular weight excluding hydrogens is 266 g/mol. The number of hydrogen-bond donors (Lipinski definition) is 0. The molecule has 8 heteroatoms. The van der Waals surface area contributed by atoms with Gasteiger partial charge in [0.1, 0.15) is 5.75 Å². The van der Waals surface area contributed by atoms with Crippen molar-refractivity contribution in [3.8, 4) is 11.4 Å². The molecule has 0 unspecified atom stereocenters. The van der Waals surface area contributed by atoms with E-state index in [4.69, 9.17) is 4.74 Å². The van der Waals surface area contributed by atoms with Gasteiger partial charge < -0.3 is 4.74 Å². The van der Waals surface area contributed by atoms with Gasteiger partial charge in [-0.1, -0.05) is 6.07 Å². The first kappa shape index (κ1) is 13.5. The van der Waals surface area contributed by atoms with Crippen LogP contribution in [0.5, 0.6) is 5.75 Å². The number of ether oxygens (including phenoxy) is 1. The molecule has 0 aliphatic heterocycles. The summed E-state index contributed by atoms with van der Waals surface area (Å²) in [4.78, 5) is 33.7. The first-order chi connectivity index (χ1) is 9.45. The molecule has 104 valence electrons. The molecule has 0 aliphatic carbocycles. The van der Waals surface area contributed by atoms with Gasteiger partial charge in [0.05, 0.1) is 23.9 Å². The van der Waals surface area contributed by atoms with Crippen molar-refractivity contribution >= 4 is 5.69 Å². The van der Waals surface area contributed by atoms with Crippen molar-refractivity contribution in [1.82, 2.24) is 9.13 Å². The lowest BCUT2D eigenvalue weighted by atomic mass is 10.3. The lowest BCUT2D eigenvalue weighted by molar-refractivity contribution is -0.387. The van der Waals surface area contributed by atoms with Crippen LogP contribution in [0.15, 0.2) is 40.1 Å². The van der Waals surface area contributed by atoms with Crippen molar-refractivity contribution < 1.29 is 9.66 Å². The fraction of sp³-hybridized carbons (Fsp3) is 0.167. The maximum Gasteiger partial charge on any atom is 0.350 e. The number of rotatable bonds is 3. The van der Waals surface area contributed by atoms with Crippen LogP contribution in [0.4, 0.5) is 5.69 Å². The number of nitro groups is 1. The fourth-order valence-electron chi connectivity index (χ4n) is 1.72. The van der Waals surface area contributed by atoms with Gasteiger partial charge in [-0.05, 0) is 12.1 Å². The van der Waals surface area contributed by atoms with E-state index in [1.54, 1.807) is 18.2 Å². The molecule has 2 aromatic rings. The Morgan fingerprint density at radius 3 is 2.60 bits per heavy atom. The van der Waals surface area contributed by atoms with Crippen LogP contribution in [0.2, 0.25) is 0 Å². The van der Waals surface area contributed by atoms with Crippen LogP contribution in [-0.4, -0.2) is 21.2 Å². The van der Waals surface area contributed by atoms with E-state index in [-0.39, 0.29) is 0 Å². The highest BCUT2D eigenvalue weighted by Gasteiger charge is 2.18. The molecule has 0 N–H and O–H groups in total. The van der Waals surface area contributed by atoms with Crippen molar-refractivity contribution in [3.63, 3.8) is 0 Å². The topological polar surface area (TPSA) is 96.4 Å². The number of nitrogens with zero attached hydrogens (tertiary/aromatic N) is 3. The SMILES string of the molecule is COc1cccc(-n2cc([N+](=O)[O-])c(=O)n(C)c2=O)c1. The molecule has 0 atom stereocenters. The summed E-state index contributed by atoms with van der Waals surface area (Å²) in [5, 5.41) is 10.8. The van der Waals surface area contributed by atoms with Gasteiger partial charge in [0.25, 0.3) is 0 Å². The van der Waals surface area contributed by atoms with Crippen LogP contribution in [0.25, 0.3) is 5.69 Å². The molecule has 1 heterocycles. The molecule has 0 fully saturated rings. The summed E-state index contributed by atoms with van der Waals surface area (Å²) in [6.45, 7) is 0. The molecule has 0 amide bonds. The maximum atomic E-state index is 12.0. The average Bonchev–Trinajstić information content (AvgIpc) is 2.44. The number of aromatic nitrogens is 2. The van der Waals surface area contributed by atoms with Crippen molar-refractivity contribution in [3.05, 3.63) is 61.4 Å². The lowest BCUT2D eigenvalue weighted by Gasteiger charge is -2.08. The number of hydrogen-bond acceptors (Lipinski definition) is 5. The van der Waals surface area contributed by atoms with Crippen molar-refractivity contribution in [2.45, 2.75) is 0 Å². The van der Waals surface area contributed by atoms with E-state index in [1.165, 1.54) is 20.2 Å². The molecule has 0 spiro atoms. The van der Waals surface area contributed by atoms with E-state index in [0.717, 1.165) is 10.8 Å². The lowest BCUT2D eigenvalue weighted by Crippen LogP contribution is -2.37. The minimum absolute atomic E-state index is 0.369. The Labute approximate surface area is 112 Å². The van der Waals surface area contributed by atoms with E-state index < -0.39 is 21.9 Å². The smallest absolute Gasteiger partial charge is 0.350 e. The van der Waals surface area contributed by atoms with Crippen LogP contribution < -0.4 is 16.0 Å². The Morgan fingerprint density at radius 2 is 2.00 bits per heavy atom. The maximum absolute atomic E-state index is 12.0. The normalized spacial score (nSPS) is 10.3. The van der Waals surface area contributed by atoms with Crippen LogP contribution in [-0.2, 0) is 7.05 Å². The summed E-state index contributed by atoms with van der Waals surface area (Å²) in [6.07, 6.45) is 0.916. The minimum atomic E-state index is -0.945. The average molecular weight is 277 g/mol. The second kappa shape index (κ2) is 5.00. The molecule has 0 saturated carbocycles. The Bertz CT molecular complexity index is 790. The second-order valence-electron chi connectivity index (χ2n) is 3.99. The molecule has 0 radical (unpaired) electrons. The van der Waals surface area contributed by atoms with E-state index in [1.807, 2.05) is 0 Å². The first-order valence-corrected chi connectivity index (χ1v) is 5.57. The summed E-state index contributed by atoms with van der Waals surface area (Å²) in [5.41, 5.74) is -1.92. The molecule has 1 aromatic carbocycles. The van der Waals surface area contributed by atoms with E-state index >= 15 is 0 Å². The Kier molecular flexibility index (Phi) is 3.38. The monoisotopic (exact) mass is 277 g/mol.